The lowest BCUT2D eigenvalue weighted by Gasteiger charge is -2.22. The van der Waals surface area contributed by atoms with Crippen molar-refractivity contribution in [3.05, 3.63) is 16.7 Å². The second-order valence-corrected chi connectivity index (χ2v) is 4.26. The fourth-order valence-corrected chi connectivity index (χ4v) is 1.68. The Morgan fingerprint density at radius 3 is 2.19 bits per heavy atom. The Kier molecular flexibility index (Phi) is 3.55. The first-order valence-electron chi connectivity index (χ1n) is 4.69. The molecule has 0 saturated carbocycles. The molecule has 0 aromatic heterocycles. The summed E-state index contributed by atoms with van der Waals surface area (Å²) in [6.45, 7) is 3.09. The molecule has 90 valence electrons. The van der Waals surface area contributed by atoms with Crippen molar-refractivity contribution in [1.29, 1.82) is 0 Å². The van der Waals surface area contributed by atoms with E-state index in [1.165, 1.54) is 20.3 Å². The van der Waals surface area contributed by atoms with Crippen molar-refractivity contribution in [3.63, 3.8) is 0 Å². The van der Waals surface area contributed by atoms with Crippen molar-refractivity contribution in [2.45, 2.75) is 19.4 Å². The Balaban J connectivity index is 3.51. The number of aliphatic hydroxyl groups is 1. The molecule has 0 heterocycles. The quantitative estimate of drug-likeness (QED) is 0.859. The number of benzene rings is 1. The van der Waals surface area contributed by atoms with Crippen LogP contribution < -0.4 is 9.47 Å². The van der Waals surface area contributed by atoms with Gasteiger partial charge >= 0.3 is 0 Å². The van der Waals surface area contributed by atoms with Gasteiger partial charge in [0.25, 0.3) is 0 Å². The molecule has 16 heavy (non-hydrogen) atoms. The van der Waals surface area contributed by atoms with E-state index in [4.69, 9.17) is 21.1 Å². The van der Waals surface area contributed by atoms with Crippen LogP contribution >= 0.6 is 11.6 Å². The van der Waals surface area contributed by atoms with Gasteiger partial charge in [0.05, 0.1) is 19.8 Å². The van der Waals surface area contributed by atoms with Crippen LogP contribution in [0.25, 0.3) is 0 Å². The Hall–Kier alpha value is -1.13. The van der Waals surface area contributed by atoms with Gasteiger partial charge in [0.15, 0.2) is 11.5 Å². The number of halogens is 1. The van der Waals surface area contributed by atoms with Crippen LogP contribution in [0.15, 0.2) is 6.07 Å². The minimum absolute atomic E-state index is 0.0268. The highest BCUT2D eigenvalue weighted by atomic mass is 35.5. The van der Waals surface area contributed by atoms with Crippen LogP contribution in [0.2, 0.25) is 5.02 Å². The Morgan fingerprint density at radius 2 is 1.81 bits per heavy atom. The number of hydrogen-bond donors (Lipinski definition) is 2. The molecule has 1 rings (SSSR count). The summed E-state index contributed by atoms with van der Waals surface area (Å²) in [6, 6.07) is 1.50. The highest BCUT2D eigenvalue weighted by Crippen LogP contribution is 2.46. The van der Waals surface area contributed by atoms with Crippen molar-refractivity contribution in [2.75, 3.05) is 14.2 Å². The molecular formula is C11H15ClO4. The summed E-state index contributed by atoms with van der Waals surface area (Å²) in [6.07, 6.45) is 0. The molecule has 0 aliphatic rings. The van der Waals surface area contributed by atoms with Crippen LogP contribution in [0.1, 0.15) is 19.4 Å². The molecule has 0 atom stereocenters. The van der Waals surface area contributed by atoms with Gasteiger partial charge < -0.3 is 19.7 Å². The molecule has 0 radical (unpaired) electrons. The van der Waals surface area contributed by atoms with E-state index in [0.717, 1.165) is 0 Å². The van der Waals surface area contributed by atoms with E-state index in [0.29, 0.717) is 5.75 Å². The van der Waals surface area contributed by atoms with Gasteiger partial charge in [0.2, 0.25) is 0 Å². The number of rotatable bonds is 3. The molecule has 1 aromatic carbocycles. The number of phenolic OH excluding ortho intramolecular Hbond substituents is 1. The van der Waals surface area contributed by atoms with Gasteiger partial charge in [-0.25, -0.2) is 0 Å². The monoisotopic (exact) mass is 246 g/mol. The molecule has 0 unspecified atom stereocenters. The minimum Gasteiger partial charge on any atom is -0.506 e. The maximum atomic E-state index is 9.86. The Labute approximate surface area is 99.4 Å². The number of aromatic hydroxyl groups is 1. The Morgan fingerprint density at radius 1 is 1.25 bits per heavy atom. The summed E-state index contributed by atoms with van der Waals surface area (Å²) in [7, 11) is 2.88. The van der Waals surface area contributed by atoms with Crippen LogP contribution in [0, 0.1) is 0 Å². The van der Waals surface area contributed by atoms with E-state index in [1.54, 1.807) is 13.8 Å². The molecule has 0 fully saturated rings. The topological polar surface area (TPSA) is 58.9 Å². The lowest BCUT2D eigenvalue weighted by molar-refractivity contribution is 0.0754. The van der Waals surface area contributed by atoms with Crippen molar-refractivity contribution < 1.29 is 19.7 Å². The molecule has 0 bridgehead atoms. The molecule has 0 saturated heterocycles. The largest absolute Gasteiger partial charge is 0.506 e. The van der Waals surface area contributed by atoms with Gasteiger partial charge in [-0.15, -0.1) is 0 Å². The summed E-state index contributed by atoms with van der Waals surface area (Å²) in [5.41, 5.74) is -0.928. The number of hydrogen-bond acceptors (Lipinski definition) is 4. The first-order valence-corrected chi connectivity index (χ1v) is 5.07. The average Bonchev–Trinajstić information content (AvgIpc) is 2.19. The highest BCUT2D eigenvalue weighted by molar-refractivity contribution is 6.33. The summed E-state index contributed by atoms with van der Waals surface area (Å²) < 4.78 is 10.1. The van der Waals surface area contributed by atoms with E-state index >= 15 is 0 Å². The van der Waals surface area contributed by atoms with Gasteiger partial charge in [-0.3, -0.25) is 0 Å². The van der Waals surface area contributed by atoms with E-state index in [-0.39, 0.29) is 22.1 Å². The van der Waals surface area contributed by atoms with Crippen LogP contribution in [0.4, 0.5) is 0 Å². The van der Waals surface area contributed by atoms with Gasteiger partial charge in [-0.1, -0.05) is 11.6 Å². The first-order chi connectivity index (χ1) is 7.32. The fraction of sp³-hybridized carbons (Fsp3) is 0.455. The minimum atomic E-state index is -1.22. The molecule has 5 heteroatoms. The second kappa shape index (κ2) is 4.39. The van der Waals surface area contributed by atoms with Crippen molar-refractivity contribution >= 4 is 11.6 Å². The van der Waals surface area contributed by atoms with Crippen LogP contribution in [-0.4, -0.2) is 24.4 Å². The number of ether oxygens (including phenoxy) is 2. The lowest BCUT2D eigenvalue weighted by Crippen LogP contribution is -2.16. The first kappa shape index (κ1) is 12.9. The molecule has 1 aromatic rings. The van der Waals surface area contributed by atoms with E-state index < -0.39 is 5.60 Å². The maximum Gasteiger partial charge on any atom is 0.183 e. The predicted molar refractivity (Wildman–Crippen MR) is 61.5 cm³/mol. The smallest absolute Gasteiger partial charge is 0.183 e. The molecule has 0 aliphatic heterocycles. The SMILES string of the molecule is COc1cc(C(C)(C)O)c(O)c(Cl)c1OC. The second-order valence-electron chi connectivity index (χ2n) is 3.88. The van der Waals surface area contributed by atoms with Gasteiger partial charge in [-0.2, -0.15) is 0 Å². The summed E-state index contributed by atoms with van der Waals surface area (Å²) in [5.74, 6) is 0.406. The molecule has 2 N–H and O–H groups in total. The standard InChI is InChI=1S/C11H15ClO4/c1-11(2,14)6-5-7(15-3)10(16-4)8(12)9(6)13/h5,13-14H,1-4H3. The summed E-state index contributed by atoms with van der Waals surface area (Å²) >= 11 is 5.92. The zero-order valence-corrected chi connectivity index (χ0v) is 10.4. The number of methoxy groups -OCH3 is 2. The van der Waals surface area contributed by atoms with Crippen LogP contribution in [0.5, 0.6) is 17.2 Å². The maximum absolute atomic E-state index is 9.86. The number of phenols is 1. The molecule has 0 spiro atoms. The van der Waals surface area contributed by atoms with E-state index in [1.807, 2.05) is 0 Å². The third-order valence-corrected chi connectivity index (χ3v) is 2.60. The molecule has 0 amide bonds. The van der Waals surface area contributed by atoms with Crippen molar-refractivity contribution in [2.24, 2.45) is 0 Å². The summed E-state index contributed by atoms with van der Waals surface area (Å²) in [5, 5.41) is 19.7. The molecular weight excluding hydrogens is 232 g/mol. The van der Waals surface area contributed by atoms with E-state index in [9.17, 15) is 10.2 Å². The normalized spacial score (nSPS) is 11.4. The highest BCUT2D eigenvalue weighted by Gasteiger charge is 2.26. The molecule has 0 aliphatic carbocycles. The van der Waals surface area contributed by atoms with Crippen LogP contribution in [0.3, 0.4) is 0 Å². The predicted octanol–water partition coefficient (Wildman–Crippen LogP) is 2.29. The average molecular weight is 247 g/mol. The van der Waals surface area contributed by atoms with Crippen molar-refractivity contribution in [3.8, 4) is 17.2 Å². The van der Waals surface area contributed by atoms with Gasteiger partial charge in [-0.05, 0) is 19.9 Å². The third kappa shape index (κ3) is 2.18. The van der Waals surface area contributed by atoms with Gasteiger partial charge in [0, 0.05) is 5.56 Å². The lowest BCUT2D eigenvalue weighted by atomic mass is 9.97. The fourth-order valence-electron chi connectivity index (χ4n) is 1.41. The van der Waals surface area contributed by atoms with Gasteiger partial charge in [0.1, 0.15) is 10.8 Å². The zero-order chi connectivity index (χ0) is 12.5. The van der Waals surface area contributed by atoms with E-state index in [2.05, 4.69) is 0 Å². The zero-order valence-electron chi connectivity index (χ0n) is 9.67. The Bertz CT molecular complexity index is 396. The third-order valence-electron chi connectivity index (χ3n) is 2.24. The molecule has 4 nitrogen and oxygen atoms in total. The van der Waals surface area contributed by atoms with Crippen LogP contribution in [-0.2, 0) is 5.60 Å². The van der Waals surface area contributed by atoms with Crippen molar-refractivity contribution in [1.82, 2.24) is 0 Å². The summed E-state index contributed by atoms with van der Waals surface area (Å²) in [4.78, 5) is 0.